The number of ketones is 1. The van der Waals surface area contributed by atoms with Gasteiger partial charge in [-0.2, -0.15) is 5.10 Å². The van der Waals surface area contributed by atoms with Gasteiger partial charge in [0, 0.05) is 34.1 Å². The molecule has 0 radical (unpaired) electrons. The summed E-state index contributed by atoms with van der Waals surface area (Å²) < 4.78 is 0. The summed E-state index contributed by atoms with van der Waals surface area (Å²) in [7, 11) is 0. The van der Waals surface area contributed by atoms with E-state index in [1.54, 1.807) is 0 Å². The van der Waals surface area contributed by atoms with Gasteiger partial charge in [0.1, 0.15) is 0 Å². The third kappa shape index (κ3) is 2.76. The van der Waals surface area contributed by atoms with E-state index in [-0.39, 0.29) is 11.7 Å². The average Bonchev–Trinajstić information content (AvgIpc) is 2.89. The molecule has 0 bridgehead atoms. The maximum absolute atomic E-state index is 13.3. The third-order valence-electron chi connectivity index (χ3n) is 5.38. The summed E-state index contributed by atoms with van der Waals surface area (Å²) >= 11 is 6.05. The van der Waals surface area contributed by atoms with Crippen LogP contribution in [-0.4, -0.2) is 11.5 Å². The summed E-state index contributed by atoms with van der Waals surface area (Å²) in [6, 6.07) is 25.6. The number of nitrogens with one attached hydrogen (secondary N) is 1. The van der Waals surface area contributed by atoms with Gasteiger partial charge in [0.2, 0.25) is 0 Å². The number of fused-ring (bicyclic) bond motifs is 2. The highest BCUT2D eigenvalue weighted by Crippen LogP contribution is 2.42. The summed E-state index contributed by atoms with van der Waals surface area (Å²) in [5.74, 6) is 0.0139. The first-order valence-corrected chi connectivity index (χ1v) is 9.62. The Kier molecular flexibility index (Phi) is 4.10. The van der Waals surface area contributed by atoms with E-state index in [1.165, 1.54) is 0 Å². The molecule has 0 fully saturated rings. The number of halogens is 1. The van der Waals surface area contributed by atoms with E-state index in [0.29, 0.717) is 11.4 Å². The molecule has 1 aliphatic heterocycles. The van der Waals surface area contributed by atoms with Gasteiger partial charge in [0.25, 0.3) is 0 Å². The second-order valence-electron chi connectivity index (χ2n) is 7.01. The molecule has 2 aliphatic rings. The van der Waals surface area contributed by atoms with Crippen LogP contribution in [0, 0.1) is 0 Å². The second kappa shape index (κ2) is 6.77. The zero-order chi connectivity index (χ0) is 19.1. The predicted octanol–water partition coefficient (Wildman–Crippen LogP) is 5.43. The van der Waals surface area contributed by atoms with Crippen molar-refractivity contribution in [1.29, 1.82) is 0 Å². The Hall–Kier alpha value is -3.17. The molecule has 1 N–H and O–H groups in total. The number of carbonyl (C=O) groups excluding carboxylic acids is 1. The molecule has 136 valence electrons. The minimum atomic E-state index is -0.0690. The monoisotopic (exact) mass is 384 g/mol. The molecule has 3 aromatic rings. The molecule has 0 saturated carbocycles. The van der Waals surface area contributed by atoms with E-state index in [9.17, 15) is 4.79 Å². The van der Waals surface area contributed by atoms with Gasteiger partial charge < -0.3 is 0 Å². The Morgan fingerprint density at radius 2 is 1.54 bits per heavy atom. The molecule has 0 spiro atoms. The van der Waals surface area contributed by atoms with E-state index < -0.39 is 0 Å². The Morgan fingerprint density at radius 3 is 2.29 bits per heavy atom. The molecule has 3 nitrogen and oxygen atoms in total. The number of Topliss-reactive ketones (excluding diaryl/α,β-unsaturated/α-hetero) is 1. The van der Waals surface area contributed by atoms with E-state index in [4.69, 9.17) is 11.6 Å². The fraction of sp³-hybridized carbons (Fsp3) is 0.0833. The standard InChI is InChI=1S/C24H17ClN2O/c25-17-12-10-16(11-13-17)21-14-20(15-6-2-1-3-7-15)22-23(27-26-21)18-8-4-5-9-19(18)24(22)28/h1-13,20,27H,14H2. The first kappa shape index (κ1) is 17.0. The van der Waals surface area contributed by atoms with Gasteiger partial charge in [-0.15, -0.1) is 0 Å². The van der Waals surface area contributed by atoms with Crippen LogP contribution in [0.4, 0.5) is 0 Å². The predicted molar refractivity (Wildman–Crippen MR) is 113 cm³/mol. The summed E-state index contributed by atoms with van der Waals surface area (Å²) in [5, 5.41) is 5.38. The van der Waals surface area contributed by atoms with E-state index in [2.05, 4.69) is 22.7 Å². The van der Waals surface area contributed by atoms with Crippen LogP contribution >= 0.6 is 11.6 Å². The maximum atomic E-state index is 13.3. The van der Waals surface area contributed by atoms with Crippen LogP contribution in [0.25, 0.3) is 5.70 Å². The molecular weight excluding hydrogens is 368 g/mol. The van der Waals surface area contributed by atoms with E-state index in [1.807, 2.05) is 66.7 Å². The Morgan fingerprint density at radius 1 is 0.857 bits per heavy atom. The van der Waals surface area contributed by atoms with Crippen LogP contribution in [-0.2, 0) is 0 Å². The number of hydrazone groups is 1. The lowest BCUT2D eigenvalue weighted by molar-refractivity contribution is 0.103. The van der Waals surface area contributed by atoms with Crippen LogP contribution in [0.5, 0.6) is 0 Å². The van der Waals surface area contributed by atoms with Crippen molar-refractivity contribution in [2.24, 2.45) is 5.10 Å². The number of hydrogen-bond acceptors (Lipinski definition) is 3. The molecule has 1 heterocycles. The van der Waals surface area contributed by atoms with Crippen LogP contribution in [0.1, 0.15) is 39.4 Å². The highest BCUT2D eigenvalue weighted by atomic mass is 35.5. The quantitative estimate of drug-likeness (QED) is 0.640. The van der Waals surface area contributed by atoms with Gasteiger partial charge in [-0.1, -0.05) is 78.3 Å². The zero-order valence-corrected chi connectivity index (χ0v) is 15.8. The molecule has 5 rings (SSSR count). The summed E-state index contributed by atoms with van der Waals surface area (Å²) in [4.78, 5) is 13.3. The third-order valence-corrected chi connectivity index (χ3v) is 5.63. The molecule has 4 heteroatoms. The summed E-state index contributed by atoms with van der Waals surface area (Å²) in [6.07, 6.45) is 0.636. The maximum Gasteiger partial charge on any atom is 0.192 e. The fourth-order valence-electron chi connectivity index (χ4n) is 4.01. The van der Waals surface area contributed by atoms with Gasteiger partial charge in [0.05, 0.1) is 11.4 Å². The van der Waals surface area contributed by atoms with Crippen LogP contribution in [0.2, 0.25) is 5.02 Å². The SMILES string of the molecule is O=C1C2=C(NN=C(c3ccc(Cl)cc3)CC2c2ccccc2)c2ccccc21. The molecule has 28 heavy (non-hydrogen) atoms. The van der Waals surface area contributed by atoms with Gasteiger partial charge in [-0.05, 0) is 23.3 Å². The average molecular weight is 385 g/mol. The Bertz CT molecular complexity index is 1130. The first-order valence-electron chi connectivity index (χ1n) is 9.24. The van der Waals surface area contributed by atoms with Crippen molar-refractivity contribution in [2.75, 3.05) is 0 Å². The highest BCUT2D eigenvalue weighted by molar-refractivity contribution is 6.30. The lowest BCUT2D eigenvalue weighted by atomic mass is 9.83. The van der Waals surface area contributed by atoms with Crippen LogP contribution in [0.3, 0.4) is 0 Å². The number of rotatable bonds is 2. The van der Waals surface area contributed by atoms with Gasteiger partial charge >= 0.3 is 0 Å². The molecule has 0 aromatic heterocycles. The van der Waals surface area contributed by atoms with Crippen molar-refractivity contribution in [2.45, 2.75) is 12.3 Å². The number of allylic oxidation sites excluding steroid dienone is 1. The van der Waals surface area contributed by atoms with Gasteiger partial charge in [-0.3, -0.25) is 10.2 Å². The van der Waals surface area contributed by atoms with Crippen molar-refractivity contribution in [3.63, 3.8) is 0 Å². The van der Waals surface area contributed by atoms with Crippen molar-refractivity contribution >= 4 is 28.8 Å². The highest BCUT2D eigenvalue weighted by Gasteiger charge is 2.37. The zero-order valence-electron chi connectivity index (χ0n) is 15.0. The molecule has 1 aliphatic carbocycles. The molecule has 1 atom stereocenters. The van der Waals surface area contributed by atoms with E-state index in [0.717, 1.165) is 39.2 Å². The summed E-state index contributed by atoms with van der Waals surface area (Å²) in [6.45, 7) is 0. The van der Waals surface area contributed by atoms with Crippen molar-refractivity contribution in [3.8, 4) is 0 Å². The lowest BCUT2D eigenvalue weighted by Crippen LogP contribution is -2.14. The molecule has 3 aromatic carbocycles. The smallest absolute Gasteiger partial charge is 0.192 e. The van der Waals surface area contributed by atoms with Crippen molar-refractivity contribution < 1.29 is 4.79 Å². The van der Waals surface area contributed by atoms with Crippen LogP contribution < -0.4 is 5.43 Å². The van der Waals surface area contributed by atoms with E-state index >= 15 is 0 Å². The van der Waals surface area contributed by atoms with Gasteiger partial charge in [-0.25, -0.2) is 0 Å². The molecule has 1 unspecified atom stereocenters. The number of carbonyl (C=O) groups is 1. The number of nitrogens with zero attached hydrogens (tertiary/aromatic N) is 1. The normalized spacial score (nSPS) is 18.1. The number of hydrogen-bond donors (Lipinski definition) is 1. The number of benzene rings is 3. The lowest BCUT2D eigenvalue weighted by Gasteiger charge is -2.18. The second-order valence-corrected chi connectivity index (χ2v) is 7.44. The molecule has 0 saturated heterocycles. The van der Waals surface area contributed by atoms with Crippen molar-refractivity contribution in [1.82, 2.24) is 5.43 Å². The molecule has 0 amide bonds. The summed E-state index contributed by atoms with van der Waals surface area (Å²) in [5.41, 5.74) is 9.50. The van der Waals surface area contributed by atoms with Crippen LogP contribution in [0.15, 0.2) is 89.5 Å². The van der Waals surface area contributed by atoms with Gasteiger partial charge in [0.15, 0.2) is 5.78 Å². The van der Waals surface area contributed by atoms with Crippen molar-refractivity contribution in [3.05, 3.63) is 112 Å². The largest absolute Gasteiger partial charge is 0.289 e. The topological polar surface area (TPSA) is 41.5 Å². The molecular formula is C24H17ClN2O. The Balaban J connectivity index is 1.66. The fourth-order valence-corrected chi connectivity index (χ4v) is 4.14. The minimum absolute atomic E-state index is 0.0690. The minimum Gasteiger partial charge on any atom is -0.289 e. The first-order chi connectivity index (χ1) is 13.7. The Labute approximate surface area is 168 Å².